The Morgan fingerprint density at radius 3 is 2.62 bits per heavy atom. The second kappa shape index (κ2) is 6.35. The molecule has 0 atom stereocenters. The average molecular weight is 323 g/mol. The van der Waals surface area contributed by atoms with Crippen molar-refractivity contribution >= 4 is 28.9 Å². The molecule has 5 nitrogen and oxygen atoms in total. The van der Waals surface area contributed by atoms with Crippen molar-refractivity contribution in [1.82, 2.24) is 0 Å². The normalized spacial score (nSPS) is 12.7. The minimum atomic E-state index is -0.161. The van der Waals surface area contributed by atoms with Crippen LogP contribution in [0.5, 0.6) is 0 Å². The van der Waals surface area contributed by atoms with Crippen molar-refractivity contribution in [2.45, 2.75) is 13.3 Å². The Labute approximate surface area is 141 Å². The number of benzene rings is 2. The Kier molecular flexibility index (Phi) is 4.25. The van der Waals surface area contributed by atoms with Crippen molar-refractivity contribution in [3.05, 3.63) is 53.6 Å². The van der Waals surface area contributed by atoms with E-state index in [1.165, 1.54) is 0 Å². The molecule has 1 N–H and O–H groups in total. The quantitative estimate of drug-likeness (QED) is 0.945. The highest BCUT2D eigenvalue weighted by Crippen LogP contribution is 2.31. The number of rotatable bonds is 3. The smallest absolute Gasteiger partial charge is 0.255 e. The van der Waals surface area contributed by atoms with Crippen LogP contribution in [-0.2, 0) is 11.2 Å². The van der Waals surface area contributed by atoms with Crippen LogP contribution in [0.25, 0.3) is 0 Å². The van der Waals surface area contributed by atoms with E-state index in [4.69, 9.17) is 0 Å². The summed E-state index contributed by atoms with van der Waals surface area (Å²) in [7, 11) is 3.88. The first kappa shape index (κ1) is 16.1. The van der Waals surface area contributed by atoms with Crippen LogP contribution >= 0.6 is 0 Å². The second-order valence-corrected chi connectivity index (χ2v) is 6.16. The zero-order valence-corrected chi connectivity index (χ0v) is 14.2. The Balaban J connectivity index is 1.82. The monoisotopic (exact) mass is 323 g/mol. The fraction of sp³-hybridized carbons (Fsp3) is 0.263. The van der Waals surface area contributed by atoms with Gasteiger partial charge >= 0.3 is 0 Å². The summed E-state index contributed by atoms with van der Waals surface area (Å²) in [5.41, 5.74) is 4.30. The fourth-order valence-corrected chi connectivity index (χ4v) is 2.91. The first-order valence-corrected chi connectivity index (χ1v) is 7.95. The zero-order chi connectivity index (χ0) is 17.3. The van der Waals surface area contributed by atoms with Crippen molar-refractivity contribution in [3.63, 3.8) is 0 Å². The molecule has 2 amide bonds. The first-order chi connectivity index (χ1) is 11.5. The topological polar surface area (TPSA) is 52.7 Å². The lowest BCUT2D eigenvalue weighted by molar-refractivity contribution is -0.116. The molecular formula is C19H21N3O2. The summed E-state index contributed by atoms with van der Waals surface area (Å²) in [5.74, 6) is -0.137. The van der Waals surface area contributed by atoms with Gasteiger partial charge < -0.3 is 15.1 Å². The van der Waals surface area contributed by atoms with Crippen LogP contribution in [-0.4, -0.2) is 32.5 Å². The Morgan fingerprint density at radius 1 is 1.12 bits per heavy atom. The van der Waals surface area contributed by atoms with Crippen LogP contribution in [0.3, 0.4) is 0 Å². The lowest BCUT2D eigenvalue weighted by Gasteiger charge is -2.16. The lowest BCUT2D eigenvalue weighted by Crippen LogP contribution is -2.25. The van der Waals surface area contributed by atoms with E-state index in [1.54, 1.807) is 17.9 Å². The van der Waals surface area contributed by atoms with Crippen molar-refractivity contribution in [1.29, 1.82) is 0 Å². The molecular weight excluding hydrogens is 302 g/mol. The third-order valence-corrected chi connectivity index (χ3v) is 4.24. The van der Waals surface area contributed by atoms with E-state index >= 15 is 0 Å². The summed E-state index contributed by atoms with van der Waals surface area (Å²) >= 11 is 0. The van der Waals surface area contributed by atoms with Crippen molar-refractivity contribution in [3.8, 4) is 0 Å². The molecule has 0 aromatic heterocycles. The van der Waals surface area contributed by atoms with Crippen LogP contribution in [0.2, 0.25) is 0 Å². The number of anilines is 3. The highest BCUT2D eigenvalue weighted by molar-refractivity contribution is 6.05. The van der Waals surface area contributed by atoms with Gasteiger partial charge in [-0.2, -0.15) is 0 Å². The lowest BCUT2D eigenvalue weighted by atomic mass is 10.1. The largest absolute Gasteiger partial charge is 0.378 e. The predicted molar refractivity (Wildman–Crippen MR) is 96.9 cm³/mol. The first-order valence-electron chi connectivity index (χ1n) is 7.95. The number of fused-ring (bicyclic) bond motifs is 1. The van der Waals surface area contributed by atoms with Gasteiger partial charge in [0.15, 0.2) is 0 Å². The number of hydrogen-bond acceptors (Lipinski definition) is 3. The van der Waals surface area contributed by atoms with Crippen LogP contribution < -0.4 is 15.1 Å². The summed E-state index contributed by atoms with van der Waals surface area (Å²) < 4.78 is 0. The molecule has 0 spiro atoms. The van der Waals surface area contributed by atoms with E-state index in [2.05, 4.69) is 5.32 Å². The Bertz CT molecular complexity index is 799. The van der Waals surface area contributed by atoms with Crippen molar-refractivity contribution in [2.24, 2.45) is 0 Å². The van der Waals surface area contributed by atoms with Gasteiger partial charge in [0, 0.05) is 50.2 Å². The number of hydrogen-bond donors (Lipinski definition) is 1. The number of nitrogens with zero attached hydrogens (tertiary/aromatic N) is 2. The number of carbonyl (C=O) groups excluding carboxylic acids is 2. The number of carbonyl (C=O) groups is 2. The molecule has 1 aliphatic heterocycles. The highest BCUT2D eigenvalue weighted by atomic mass is 16.2. The zero-order valence-electron chi connectivity index (χ0n) is 14.2. The Morgan fingerprint density at radius 2 is 1.92 bits per heavy atom. The van der Waals surface area contributed by atoms with E-state index in [9.17, 15) is 9.59 Å². The molecule has 0 radical (unpaired) electrons. The maximum atomic E-state index is 12.5. The van der Waals surface area contributed by atoms with Gasteiger partial charge in [-0.1, -0.05) is 12.1 Å². The van der Waals surface area contributed by atoms with E-state index in [0.29, 0.717) is 17.8 Å². The van der Waals surface area contributed by atoms with E-state index in [0.717, 1.165) is 23.4 Å². The molecule has 0 saturated heterocycles. The molecule has 124 valence electrons. The van der Waals surface area contributed by atoms with Crippen LogP contribution in [0.15, 0.2) is 42.5 Å². The molecule has 2 aromatic rings. The van der Waals surface area contributed by atoms with E-state index in [1.807, 2.05) is 55.4 Å². The summed E-state index contributed by atoms with van der Waals surface area (Å²) in [6.07, 6.45) is 0.855. The minimum Gasteiger partial charge on any atom is -0.378 e. The molecule has 0 unspecified atom stereocenters. The average Bonchev–Trinajstić information content (AvgIpc) is 2.98. The van der Waals surface area contributed by atoms with Gasteiger partial charge in [0.25, 0.3) is 5.91 Å². The highest BCUT2D eigenvalue weighted by Gasteiger charge is 2.22. The third-order valence-electron chi connectivity index (χ3n) is 4.24. The predicted octanol–water partition coefficient (Wildman–Crippen LogP) is 2.91. The summed E-state index contributed by atoms with van der Waals surface area (Å²) in [6, 6.07) is 13.2. The second-order valence-electron chi connectivity index (χ2n) is 6.16. The van der Waals surface area contributed by atoms with E-state index in [-0.39, 0.29) is 11.8 Å². The van der Waals surface area contributed by atoms with Gasteiger partial charge in [-0.25, -0.2) is 0 Å². The Hall–Kier alpha value is -2.82. The van der Waals surface area contributed by atoms with Crippen LogP contribution in [0, 0.1) is 0 Å². The van der Waals surface area contributed by atoms with Gasteiger partial charge in [0.1, 0.15) is 0 Å². The van der Waals surface area contributed by atoms with Crippen molar-refractivity contribution in [2.75, 3.05) is 35.8 Å². The van der Waals surface area contributed by atoms with Crippen LogP contribution in [0.1, 0.15) is 22.8 Å². The molecule has 1 aliphatic rings. The fourth-order valence-electron chi connectivity index (χ4n) is 2.91. The molecule has 1 heterocycles. The van der Waals surface area contributed by atoms with Crippen LogP contribution in [0.4, 0.5) is 17.1 Å². The summed E-state index contributed by atoms with van der Waals surface area (Å²) in [5, 5.41) is 2.92. The minimum absolute atomic E-state index is 0.0240. The third kappa shape index (κ3) is 3.11. The molecule has 0 fully saturated rings. The van der Waals surface area contributed by atoms with E-state index < -0.39 is 0 Å². The van der Waals surface area contributed by atoms with Gasteiger partial charge in [0.05, 0.1) is 0 Å². The molecule has 0 bridgehead atoms. The maximum absolute atomic E-state index is 12.5. The molecule has 0 saturated carbocycles. The molecule has 5 heteroatoms. The molecule has 3 rings (SSSR count). The van der Waals surface area contributed by atoms with Gasteiger partial charge in [-0.3, -0.25) is 9.59 Å². The van der Waals surface area contributed by atoms with Crippen molar-refractivity contribution < 1.29 is 9.59 Å². The molecule has 0 aliphatic carbocycles. The standard InChI is InChI=1S/C19H21N3O2/c1-13(23)22-10-9-14-7-8-16(12-18(14)22)20-19(24)15-5-4-6-17(11-15)21(2)3/h4-8,11-12H,9-10H2,1-3H3,(H,20,24). The summed E-state index contributed by atoms with van der Waals surface area (Å²) in [4.78, 5) is 27.9. The van der Waals surface area contributed by atoms with Gasteiger partial charge in [0.2, 0.25) is 5.91 Å². The van der Waals surface area contributed by atoms with Gasteiger partial charge in [-0.05, 0) is 42.3 Å². The molecule has 2 aromatic carbocycles. The maximum Gasteiger partial charge on any atom is 0.255 e. The SMILES string of the molecule is CC(=O)N1CCc2ccc(NC(=O)c3cccc(N(C)C)c3)cc21. The number of nitrogens with one attached hydrogen (secondary N) is 1. The van der Waals surface area contributed by atoms with Gasteiger partial charge in [-0.15, -0.1) is 0 Å². The molecule has 24 heavy (non-hydrogen) atoms. The summed E-state index contributed by atoms with van der Waals surface area (Å²) in [6.45, 7) is 2.26. The number of amides is 2.